The standard InChI is InChI=1S/C16H19N5O2S/c1-9-3-4-11(10(17)7-9)18-14(22)15(23)20-16-19-12-5-6-21(2)8-13(12)24-16/h3-4,7H,5-6,8,17H2,1-2H3,(H,18,22)(H,19,20,23). The average molecular weight is 345 g/mol. The van der Waals surface area contributed by atoms with Crippen LogP contribution in [0.25, 0.3) is 0 Å². The second kappa shape index (κ2) is 6.58. The molecular weight excluding hydrogens is 326 g/mol. The molecule has 1 aliphatic heterocycles. The van der Waals surface area contributed by atoms with Crippen LogP contribution < -0.4 is 16.4 Å². The van der Waals surface area contributed by atoms with Crippen LogP contribution in [0.4, 0.5) is 16.5 Å². The van der Waals surface area contributed by atoms with Crippen LogP contribution in [0, 0.1) is 6.92 Å². The molecule has 0 spiro atoms. The van der Waals surface area contributed by atoms with Gasteiger partial charge in [0.2, 0.25) is 0 Å². The number of fused-ring (bicyclic) bond motifs is 1. The van der Waals surface area contributed by atoms with Gasteiger partial charge in [-0.2, -0.15) is 0 Å². The predicted octanol–water partition coefficient (Wildman–Crippen LogP) is 1.60. The van der Waals surface area contributed by atoms with Gasteiger partial charge in [-0.3, -0.25) is 14.9 Å². The number of aryl methyl sites for hydroxylation is 1. The van der Waals surface area contributed by atoms with Gasteiger partial charge in [-0.25, -0.2) is 4.98 Å². The van der Waals surface area contributed by atoms with E-state index < -0.39 is 11.8 Å². The number of nitrogens with two attached hydrogens (primary N) is 1. The van der Waals surface area contributed by atoms with Crippen molar-refractivity contribution in [3.63, 3.8) is 0 Å². The number of nitrogens with zero attached hydrogens (tertiary/aromatic N) is 2. The molecule has 0 atom stereocenters. The first-order valence-corrected chi connectivity index (χ1v) is 8.39. The largest absolute Gasteiger partial charge is 0.397 e. The minimum Gasteiger partial charge on any atom is -0.397 e. The number of thiazole rings is 1. The van der Waals surface area contributed by atoms with Crippen molar-refractivity contribution in [1.29, 1.82) is 0 Å². The van der Waals surface area contributed by atoms with E-state index in [2.05, 4.69) is 20.5 Å². The first kappa shape index (κ1) is 16.4. The molecule has 1 aromatic carbocycles. The van der Waals surface area contributed by atoms with E-state index in [-0.39, 0.29) is 0 Å². The van der Waals surface area contributed by atoms with E-state index in [1.54, 1.807) is 12.1 Å². The van der Waals surface area contributed by atoms with E-state index in [9.17, 15) is 9.59 Å². The van der Waals surface area contributed by atoms with E-state index in [0.29, 0.717) is 16.5 Å². The molecule has 0 radical (unpaired) electrons. The number of amides is 2. The molecule has 8 heteroatoms. The normalized spacial score (nSPS) is 14.1. The number of nitrogen functional groups attached to an aromatic ring is 1. The number of nitrogens with one attached hydrogen (secondary N) is 2. The number of aromatic nitrogens is 1. The number of carbonyl (C=O) groups is 2. The first-order chi connectivity index (χ1) is 11.4. The number of likely N-dealkylation sites (N-methyl/N-ethyl adjacent to an activating group) is 1. The molecule has 2 aromatic rings. The fourth-order valence-electron chi connectivity index (χ4n) is 2.51. The van der Waals surface area contributed by atoms with Crippen molar-refractivity contribution >= 4 is 39.7 Å². The molecule has 126 valence electrons. The fraction of sp³-hybridized carbons (Fsp3) is 0.312. The van der Waals surface area contributed by atoms with E-state index >= 15 is 0 Å². The summed E-state index contributed by atoms with van der Waals surface area (Å²) in [7, 11) is 2.04. The summed E-state index contributed by atoms with van der Waals surface area (Å²) in [6.45, 7) is 3.66. The summed E-state index contributed by atoms with van der Waals surface area (Å²) < 4.78 is 0. The number of hydrogen-bond donors (Lipinski definition) is 3. The highest BCUT2D eigenvalue weighted by Gasteiger charge is 2.21. The smallest absolute Gasteiger partial charge is 0.315 e. The zero-order valence-electron chi connectivity index (χ0n) is 13.5. The Morgan fingerprint density at radius 2 is 2.04 bits per heavy atom. The lowest BCUT2D eigenvalue weighted by atomic mass is 10.2. The van der Waals surface area contributed by atoms with Gasteiger partial charge < -0.3 is 16.0 Å². The van der Waals surface area contributed by atoms with Gasteiger partial charge >= 0.3 is 11.8 Å². The van der Waals surface area contributed by atoms with Gasteiger partial charge in [0.25, 0.3) is 0 Å². The molecule has 0 unspecified atom stereocenters. The fourth-order valence-corrected chi connectivity index (χ4v) is 3.59. The highest BCUT2D eigenvalue weighted by molar-refractivity contribution is 7.16. The molecule has 0 bridgehead atoms. The summed E-state index contributed by atoms with van der Waals surface area (Å²) >= 11 is 1.41. The monoisotopic (exact) mass is 345 g/mol. The molecule has 2 amide bonds. The second-order valence-electron chi connectivity index (χ2n) is 5.88. The summed E-state index contributed by atoms with van der Waals surface area (Å²) in [6, 6.07) is 5.22. The van der Waals surface area contributed by atoms with E-state index in [4.69, 9.17) is 5.73 Å². The van der Waals surface area contributed by atoms with Gasteiger partial charge in [-0.15, -0.1) is 11.3 Å². The van der Waals surface area contributed by atoms with Crippen LogP contribution in [-0.4, -0.2) is 35.3 Å². The molecule has 4 N–H and O–H groups in total. The summed E-state index contributed by atoms with van der Waals surface area (Å²) in [5.74, 6) is -1.52. The van der Waals surface area contributed by atoms with Crippen LogP contribution in [0.3, 0.4) is 0 Å². The van der Waals surface area contributed by atoms with Crippen molar-refractivity contribution in [2.75, 3.05) is 30.0 Å². The van der Waals surface area contributed by atoms with Crippen LogP contribution in [0.1, 0.15) is 16.1 Å². The Kier molecular flexibility index (Phi) is 4.50. The minimum atomic E-state index is -0.768. The number of hydrogen-bond acceptors (Lipinski definition) is 6. The maximum atomic E-state index is 12.1. The van der Waals surface area contributed by atoms with Crippen molar-refractivity contribution in [1.82, 2.24) is 9.88 Å². The Bertz CT molecular complexity index is 802. The Hall–Kier alpha value is -2.45. The lowest BCUT2D eigenvalue weighted by Gasteiger charge is -2.20. The molecule has 24 heavy (non-hydrogen) atoms. The van der Waals surface area contributed by atoms with Crippen molar-refractivity contribution in [2.24, 2.45) is 0 Å². The van der Waals surface area contributed by atoms with E-state index in [1.807, 2.05) is 20.0 Å². The second-order valence-corrected chi connectivity index (χ2v) is 6.96. The molecule has 7 nitrogen and oxygen atoms in total. The predicted molar refractivity (Wildman–Crippen MR) is 95.0 cm³/mol. The zero-order chi connectivity index (χ0) is 17.3. The lowest BCUT2D eigenvalue weighted by molar-refractivity contribution is -0.132. The zero-order valence-corrected chi connectivity index (χ0v) is 14.4. The van der Waals surface area contributed by atoms with Gasteiger partial charge in [0, 0.05) is 24.4 Å². The van der Waals surface area contributed by atoms with Crippen LogP contribution in [-0.2, 0) is 22.6 Å². The van der Waals surface area contributed by atoms with Crippen LogP contribution in [0.15, 0.2) is 18.2 Å². The first-order valence-electron chi connectivity index (χ1n) is 7.58. The SMILES string of the molecule is Cc1ccc(NC(=O)C(=O)Nc2nc3c(s2)CN(C)CC3)c(N)c1. The van der Waals surface area contributed by atoms with Crippen molar-refractivity contribution in [3.8, 4) is 0 Å². The number of rotatable bonds is 2. The highest BCUT2D eigenvalue weighted by atomic mass is 32.1. The molecule has 0 aliphatic carbocycles. The summed E-state index contributed by atoms with van der Waals surface area (Å²) in [6.07, 6.45) is 0.851. The van der Waals surface area contributed by atoms with Crippen molar-refractivity contribution in [3.05, 3.63) is 34.3 Å². The summed E-state index contributed by atoms with van der Waals surface area (Å²) in [4.78, 5) is 31.8. The van der Waals surface area contributed by atoms with Gasteiger partial charge in [-0.1, -0.05) is 6.07 Å². The maximum absolute atomic E-state index is 12.1. The third-order valence-corrected chi connectivity index (χ3v) is 4.80. The molecule has 1 aromatic heterocycles. The topological polar surface area (TPSA) is 100 Å². The summed E-state index contributed by atoms with van der Waals surface area (Å²) in [5.41, 5.74) is 8.65. The Morgan fingerprint density at radius 3 is 2.79 bits per heavy atom. The minimum absolute atomic E-state index is 0.417. The Balaban J connectivity index is 1.65. The van der Waals surface area contributed by atoms with Gasteiger partial charge in [-0.05, 0) is 31.7 Å². The van der Waals surface area contributed by atoms with Gasteiger partial charge in [0.15, 0.2) is 5.13 Å². The average Bonchev–Trinajstić information content (AvgIpc) is 2.91. The van der Waals surface area contributed by atoms with Crippen LogP contribution >= 0.6 is 11.3 Å². The molecule has 3 rings (SSSR count). The molecule has 0 fully saturated rings. The number of carbonyl (C=O) groups excluding carboxylic acids is 2. The van der Waals surface area contributed by atoms with Crippen LogP contribution in [0.5, 0.6) is 0 Å². The van der Waals surface area contributed by atoms with Crippen LogP contribution in [0.2, 0.25) is 0 Å². The maximum Gasteiger partial charge on any atom is 0.315 e. The quantitative estimate of drug-likeness (QED) is 0.567. The Morgan fingerprint density at radius 1 is 1.29 bits per heavy atom. The Labute approximate surface area is 143 Å². The highest BCUT2D eigenvalue weighted by Crippen LogP contribution is 2.27. The van der Waals surface area contributed by atoms with Gasteiger partial charge in [0.05, 0.1) is 17.1 Å². The molecule has 0 saturated heterocycles. The van der Waals surface area contributed by atoms with Gasteiger partial charge in [0.1, 0.15) is 0 Å². The molecular formula is C16H19N5O2S. The third kappa shape index (κ3) is 3.55. The third-order valence-electron chi connectivity index (χ3n) is 3.80. The van der Waals surface area contributed by atoms with E-state index in [1.165, 1.54) is 11.3 Å². The number of benzene rings is 1. The summed E-state index contributed by atoms with van der Waals surface area (Å²) in [5, 5.41) is 5.53. The lowest BCUT2D eigenvalue weighted by Crippen LogP contribution is -2.29. The number of anilines is 3. The van der Waals surface area contributed by atoms with Crippen molar-refractivity contribution in [2.45, 2.75) is 19.9 Å². The van der Waals surface area contributed by atoms with E-state index in [0.717, 1.165) is 35.6 Å². The molecule has 2 heterocycles. The molecule has 0 saturated carbocycles. The van der Waals surface area contributed by atoms with Crippen molar-refractivity contribution < 1.29 is 9.59 Å². The molecule has 1 aliphatic rings.